The highest BCUT2D eigenvalue weighted by molar-refractivity contribution is 5.56. The van der Waals surface area contributed by atoms with E-state index >= 15 is 0 Å². The summed E-state index contributed by atoms with van der Waals surface area (Å²) in [7, 11) is 1.84. The summed E-state index contributed by atoms with van der Waals surface area (Å²) in [6.45, 7) is 3.73. The van der Waals surface area contributed by atoms with Crippen molar-refractivity contribution in [2.24, 2.45) is 0 Å². The largest absolute Gasteiger partial charge is 0.416 e. The molecule has 3 rings (SSSR count). The molecule has 0 fully saturated rings. The van der Waals surface area contributed by atoms with Gasteiger partial charge in [-0.05, 0) is 39.1 Å². The molecule has 0 aliphatic rings. The van der Waals surface area contributed by atoms with E-state index in [4.69, 9.17) is 4.52 Å². The van der Waals surface area contributed by atoms with Crippen LogP contribution in [-0.4, -0.2) is 33.0 Å². The third-order valence-electron chi connectivity index (χ3n) is 4.11. The van der Waals surface area contributed by atoms with E-state index in [1.54, 1.807) is 13.0 Å². The minimum atomic E-state index is -4.41. The number of halogens is 3. The van der Waals surface area contributed by atoms with Crippen molar-refractivity contribution in [2.45, 2.75) is 32.5 Å². The number of nitrogens with zero attached hydrogens (tertiary/aromatic N) is 4. The predicted octanol–water partition coefficient (Wildman–Crippen LogP) is 3.40. The van der Waals surface area contributed by atoms with Gasteiger partial charge in [0.25, 0.3) is 5.89 Å². The topological polar surface area (TPSA) is 68.8 Å². The number of hydrogen-bond donors (Lipinski definition) is 1. The summed E-state index contributed by atoms with van der Waals surface area (Å²) in [5.41, 5.74) is 0.777. The van der Waals surface area contributed by atoms with Crippen molar-refractivity contribution in [3.63, 3.8) is 0 Å². The fourth-order valence-corrected chi connectivity index (χ4v) is 2.52. The number of nitrogens with one attached hydrogen (secondary N) is 1. The van der Waals surface area contributed by atoms with Crippen LogP contribution >= 0.6 is 0 Å². The van der Waals surface area contributed by atoms with Crippen LogP contribution in [0.5, 0.6) is 0 Å². The van der Waals surface area contributed by atoms with E-state index in [1.807, 2.05) is 14.0 Å². The summed E-state index contributed by atoms with van der Waals surface area (Å²) in [6, 6.07) is 5.18. The maximum atomic E-state index is 12.9. The Bertz CT molecular complexity index is 900. The van der Waals surface area contributed by atoms with Gasteiger partial charge < -0.3 is 9.84 Å². The van der Waals surface area contributed by atoms with Crippen LogP contribution in [0, 0.1) is 6.92 Å². The van der Waals surface area contributed by atoms with E-state index in [9.17, 15) is 13.2 Å². The minimum Gasteiger partial charge on any atom is -0.334 e. The van der Waals surface area contributed by atoms with Crippen molar-refractivity contribution >= 4 is 0 Å². The van der Waals surface area contributed by atoms with Crippen molar-refractivity contribution in [3.05, 3.63) is 47.5 Å². The number of likely N-dealkylation sites (N-methyl/N-ethyl adjacent to an activating group) is 1. The fraction of sp³-hybridized carbons (Fsp3) is 0.353. The second kappa shape index (κ2) is 6.91. The molecule has 9 heteroatoms. The van der Waals surface area contributed by atoms with Crippen LogP contribution in [0.1, 0.15) is 24.0 Å². The lowest BCUT2D eigenvalue weighted by molar-refractivity contribution is -0.137. The van der Waals surface area contributed by atoms with Gasteiger partial charge >= 0.3 is 6.18 Å². The molecule has 0 spiro atoms. The fourth-order valence-electron chi connectivity index (χ4n) is 2.52. The molecule has 0 saturated heterocycles. The molecular formula is C17H18F3N5O. The van der Waals surface area contributed by atoms with E-state index < -0.39 is 11.7 Å². The van der Waals surface area contributed by atoms with Crippen LogP contribution in [0.15, 0.2) is 35.0 Å². The Balaban J connectivity index is 1.92. The molecule has 0 saturated carbocycles. The van der Waals surface area contributed by atoms with Gasteiger partial charge in [-0.2, -0.15) is 23.3 Å². The summed E-state index contributed by atoms with van der Waals surface area (Å²) in [4.78, 5) is 4.34. The summed E-state index contributed by atoms with van der Waals surface area (Å²) in [5, 5.41) is 11.2. The molecule has 138 valence electrons. The maximum Gasteiger partial charge on any atom is 0.416 e. The molecule has 2 heterocycles. The van der Waals surface area contributed by atoms with Gasteiger partial charge in [-0.3, -0.25) is 0 Å². The summed E-state index contributed by atoms with van der Waals surface area (Å²) in [6.07, 6.45) is -2.31. The minimum absolute atomic E-state index is 0.189. The standard InChI is InChI=1S/C17H18F3N5O/c1-10(21-3)7-15-23-16(26-24-15)14-9-22-25(11(14)2)13-6-4-5-12(8-13)17(18,19)20/h4-6,8-10,21H,7H2,1-3H3. The molecule has 0 amide bonds. The highest BCUT2D eigenvalue weighted by Gasteiger charge is 2.30. The summed E-state index contributed by atoms with van der Waals surface area (Å²) < 4.78 is 45.5. The molecule has 1 unspecified atom stereocenters. The lowest BCUT2D eigenvalue weighted by atomic mass is 10.2. The molecule has 0 bridgehead atoms. The van der Waals surface area contributed by atoms with Crippen LogP contribution < -0.4 is 5.32 Å². The zero-order valence-electron chi connectivity index (χ0n) is 14.5. The van der Waals surface area contributed by atoms with Crippen LogP contribution in [0.4, 0.5) is 13.2 Å². The van der Waals surface area contributed by atoms with Crippen LogP contribution in [-0.2, 0) is 12.6 Å². The molecule has 0 aliphatic heterocycles. The smallest absolute Gasteiger partial charge is 0.334 e. The lowest BCUT2D eigenvalue weighted by Crippen LogP contribution is -2.24. The van der Waals surface area contributed by atoms with Crippen molar-refractivity contribution in [2.75, 3.05) is 7.05 Å². The van der Waals surface area contributed by atoms with E-state index in [1.165, 1.54) is 16.9 Å². The van der Waals surface area contributed by atoms with Gasteiger partial charge in [0.2, 0.25) is 0 Å². The first-order chi connectivity index (χ1) is 12.3. The van der Waals surface area contributed by atoms with E-state index in [0.717, 1.165) is 12.1 Å². The molecule has 6 nitrogen and oxygen atoms in total. The highest BCUT2D eigenvalue weighted by atomic mass is 19.4. The zero-order valence-corrected chi connectivity index (χ0v) is 14.5. The maximum absolute atomic E-state index is 12.9. The third kappa shape index (κ3) is 3.62. The Morgan fingerprint density at radius 1 is 1.31 bits per heavy atom. The molecule has 0 aliphatic carbocycles. The highest BCUT2D eigenvalue weighted by Crippen LogP contribution is 2.31. The average Bonchev–Trinajstić information content (AvgIpc) is 3.20. The SMILES string of the molecule is CNC(C)Cc1noc(-c2cnn(-c3cccc(C(F)(F)F)c3)c2C)n1. The first-order valence-electron chi connectivity index (χ1n) is 8.02. The Morgan fingerprint density at radius 3 is 2.77 bits per heavy atom. The number of benzene rings is 1. The van der Waals surface area contributed by atoms with Crippen LogP contribution in [0.3, 0.4) is 0 Å². The quantitative estimate of drug-likeness (QED) is 0.751. The molecule has 3 aromatic rings. The van der Waals surface area contributed by atoms with Crippen LogP contribution in [0.2, 0.25) is 0 Å². The molecule has 1 aromatic carbocycles. The van der Waals surface area contributed by atoms with Gasteiger partial charge in [-0.25, -0.2) is 4.68 Å². The Hall–Kier alpha value is -2.68. The Kier molecular flexibility index (Phi) is 4.82. The zero-order chi connectivity index (χ0) is 18.9. The van der Waals surface area contributed by atoms with Gasteiger partial charge in [0.1, 0.15) is 0 Å². The Morgan fingerprint density at radius 2 is 2.08 bits per heavy atom. The van der Waals surface area contributed by atoms with Crippen molar-refractivity contribution in [1.29, 1.82) is 0 Å². The molecule has 1 N–H and O–H groups in total. The Labute approximate surface area is 148 Å². The molecule has 0 radical (unpaired) electrons. The lowest BCUT2D eigenvalue weighted by Gasteiger charge is -2.10. The third-order valence-corrected chi connectivity index (χ3v) is 4.11. The number of rotatable bonds is 5. The monoisotopic (exact) mass is 365 g/mol. The molecule has 2 aromatic heterocycles. The van der Waals surface area contributed by atoms with Gasteiger partial charge in [0.15, 0.2) is 5.82 Å². The van der Waals surface area contributed by atoms with E-state index in [2.05, 4.69) is 20.6 Å². The van der Waals surface area contributed by atoms with E-state index in [0.29, 0.717) is 35.1 Å². The number of hydrogen-bond acceptors (Lipinski definition) is 5. The second-order valence-electron chi connectivity index (χ2n) is 6.01. The van der Waals surface area contributed by atoms with E-state index in [-0.39, 0.29) is 6.04 Å². The van der Waals surface area contributed by atoms with Crippen LogP contribution in [0.25, 0.3) is 17.1 Å². The summed E-state index contributed by atoms with van der Waals surface area (Å²) in [5.74, 6) is 0.840. The second-order valence-corrected chi connectivity index (χ2v) is 6.01. The predicted molar refractivity (Wildman–Crippen MR) is 88.8 cm³/mol. The summed E-state index contributed by atoms with van der Waals surface area (Å²) >= 11 is 0. The van der Waals surface area contributed by atoms with Crippen molar-refractivity contribution in [3.8, 4) is 17.1 Å². The molecule has 26 heavy (non-hydrogen) atoms. The normalized spacial score (nSPS) is 13.2. The van der Waals surface area contributed by atoms with Gasteiger partial charge in [0, 0.05) is 12.5 Å². The van der Waals surface area contributed by atoms with Gasteiger partial charge in [-0.15, -0.1) is 0 Å². The number of aromatic nitrogens is 4. The van der Waals surface area contributed by atoms with Crippen molar-refractivity contribution in [1.82, 2.24) is 25.2 Å². The van der Waals surface area contributed by atoms with Gasteiger partial charge in [0.05, 0.1) is 28.7 Å². The molecule has 1 atom stereocenters. The van der Waals surface area contributed by atoms with Gasteiger partial charge in [-0.1, -0.05) is 11.2 Å². The first kappa shape index (κ1) is 18.1. The average molecular weight is 365 g/mol. The van der Waals surface area contributed by atoms with Crippen molar-refractivity contribution < 1.29 is 17.7 Å². The number of alkyl halides is 3. The first-order valence-corrected chi connectivity index (χ1v) is 8.02. The molecular weight excluding hydrogens is 347 g/mol.